The first kappa shape index (κ1) is 34.8. The van der Waals surface area contributed by atoms with Gasteiger partial charge in [0.2, 0.25) is 0 Å². The molecular formula is C39H47F2N3O5. The zero-order chi connectivity index (χ0) is 35.2. The Kier molecular flexibility index (Phi) is 9.50. The second-order valence-electron chi connectivity index (χ2n) is 14.8. The number of piperidine rings is 1. The monoisotopic (exact) mass is 675 g/mol. The third-order valence-electron chi connectivity index (χ3n) is 9.81. The first-order chi connectivity index (χ1) is 23.1. The van der Waals surface area contributed by atoms with E-state index in [9.17, 15) is 14.3 Å². The molecule has 0 radical (unpaired) electrons. The van der Waals surface area contributed by atoms with E-state index in [4.69, 9.17) is 19.2 Å². The number of rotatable bonds is 3. The topological polar surface area (TPSA) is 85.5 Å². The van der Waals surface area contributed by atoms with Crippen LogP contribution in [0.25, 0.3) is 28.0 Å². The molecule has 2 aromatic carbocycles. The van der Waals surface area contributed by atoms with Gasteiger partial charge in [-0.25, -0.2) is 18.6 Å². The number of hydrogen-bond donors (Lipinski definition) is 1. The van der Waals surface area contributed by atoms with E-state index in [0.717, 1.165) is 54.3 Å². The Labute approximate surface area is 287 Å². The molecule has 1 N–H and O–H groups in total. The van der Waals surface area contributed by atoms with E-state index in [1.165, 1.54) is 6.07 Å². The number of carbonyl (C=O) groups is 1. The molecule has 4 aromatic rings. The number of fused-ring (bicyclic) bond motifs is 8. The molecule has 0 amide bonds. The number of hydrogen-bond acceptors (Lipinski definition) is 6. The smallest absolute Gasteiger partial charge is 0.337 e. The number of aromatic nitrogens is 2. The van der Waals surface area contributed by atoms with Crippen molar-refractivity contribution in [2.24, 2.45) is 0 Å². The van der Waals surface area contributed by atoms with Crippen molar-refractivity contribution in [1.82, 2.24) is 9.38 Å². The van der Waals surface area contributed by atoms with Gasteiger partial charge in [-0.05, 0) is 109 Å². The van der Waals surface area contributed by atoms with Gasteiger partial charge in [0.25, 0.3) is 0 Å². The Morgan fingerprint density at radius 2 is 1.80 bits per heavy atom. The summed E-state index contributed by atoms with van der Waals surface area (Å²) in [5.41, 5.74) is 4.18. The van der Waals surface area contributed by atoms with E-state index in [1.807, 2.05) is 70.3 Å². The summed E-state index contributed by atoms with van der Waals surface area (Å²) in [7, 11) is 0. The lowest BCUT2D eigenvalue weighted by Gasteiger charge is -2.42. The predicted molar refractivity (Wildman–Crippen MR) is 186 cm³/mol. The number of carboxylic acid groups (broad SMARTS) is 1. The van der Waals surface area contributed by atoms with Crippen molar-refractivity contribution in [2.45, 2.75) is 104 Å². The van der Waals surface area contributed by atoms with Crippen LogP contribution in [-0.4, -0.2) is 57.5 Å². The van der Waals surface area contributed by atoms with Crippen LogP contribution in [0.2, 0.25) is 0 Å². The lowest BCUT2D eigenvalue weighted by atomic mass is 9.92. The highest BCUT2D eigenvalue weighted by Gasteiger charge is 2.38. The van der Waals surface area contributed by atoms with Crippen LogP contribution >= 0.6 is 0 Å². The van der Waals surface area contributed by atoms with Gasteiger partial charge in [0.1, 0.15) is 17.3 Å². The number of aryl methyl sites for hydroxylation is 1. The highest BCUT2D eigenvalue weighted by atomic mass is 19.1. The minimum atomic E-state index is -1.22. The van der Waals surface area contributed by atoms with Crippen LogP contribution in [0.3, 0.4) is 0 Å². The van der Waals surface area contributed by atoms with Crippen molar-refractivity contribution >= 4 is 17.4 Å². The molecule has 8 nitrogen and oxygen atoms in total. The summed E-state index contributed by atoms with van der Waals surface area (Å²) in [4.78, 5) is 20.3. The summed E-state index contributed by atoms with van der Waals surface area (Å²) >= 11 is 0. The Morgan fingerprint density at radius 1 is 1.08 bits per heavy atom. The molecule has 1 fully saturated rings. The number of anilines is 1. The highest BCUT2D eigenvalue weighted by molar-refractivity contribution is 5.81. The maximum atomic E-state index is 15.3. The predicted octanol–water partition coefficient (Wildman–Crippen LogP) is 8.83. The summed E-state index contributed by atoms with van der Waals surface area (Å²) < 4.78 is 50.9. The van der Waals surface area contributed by atoms with Crippen LogP contribution in [0.15, 0.2) is 42.6 Å². The second kappa shape index (κ2) is 13.4. The van der Waals surface area contributed by atoms with Crippen LogP contribution < -0.4 is 9.64 Å². The molecule has 0 unspecified atom stereocenters. The highest BCUT2D eigenvalue weighted by Crippen LogP contribution is 2.42. The number of ether oxygens (including phenoxy) is 3. The summed E-state index contributed by atoms with van der Waals surface area (Å²) in [6.07, 6.45) is 4.26. The van der Waals surface area contributed by atoms with E-state index >= 15 is 4.39 Å². The first-order valence-corrected chi connectivity index (χ1v) is 17.2. The van der Waals surface area contributed by atoms with Crippen molar-refractivity contribution in [1.29, 1.82) is 0 Å². The lowest BCUT2D eigenvalue weighted by molar-refractivity contribution is -0.160. The van der Waals surface area contributed by atoms with Crippen LogP contribution in [0.5, 0.6) is 5.75 Å². The van der Waals surface area contributed by atoms with Crippen molar-refractivity contribution in [3.8, 4) is 28.1 Å². The number of pyridine rings is 1. The van der Waals surface area contributed by atoms with Gasteiger partial charge < -0.3 is 24.2 Å². The van der Waals surface area contributed by atoms with Crippen LogP contribution in [0.4, 0.5) is 14.6 Å². The number of halogens is 2. The minimum absolute atomic E-state index is 0.0151. The summed E-state index contributed by atoms with van der Waals surface area (Å²) in [5, 5.41) is 10.6. The molecule has 262 valence electrons. The van der Waals surface area contributed by atoms with E-state index < -0.39 is 29.3 Å². The van der Waals surface area contributed by atoms with Gasteiger partial charge in [-0.2, -0.15) is 0 Å². The van der Waals surface area contributed by atoms with Crippen LogP contribution in [-0.2, 0) is 14.3 Å². The van der Waals surface area contributed by atoms with Gasteiger partial charge >= 0.3 is 5.97 Å². The molecule has 0 saturated carbocycles. The number of nitrogens with zero attached hydrogens (tertiary/aromatic N) is 3. The summed E-state index contributed by atoms with van der Waals surface area (Å²) in [6.45, 7) is 15.4. The van der Waals surface area contributed by atoms with Gasteiger partial charge in [0, 0.05) is 48.6 Å². The fourth-order valence-electron chi connectivity index (χ4n) is 7.02. The second-order valence-corrected chi connectivity index (χ2v) is 14.8. The maximum absolute atomic E-state index is 15.3. The van der Waals surface area contributed by atoms with Gasteiger partial charge in [-0.1, -0.05) is 18.2 Å². The van der Waals surface area contributed by atoms with Crippen molar-refractivity contribution < 1.29 is 32.9 Å². The molecule has 2 aromatic heterocycles. The largest absolute Gasteiger partial charge is 0.487 e. The van der Waals surface area contributed by atoms with E-state index in [0.29, 0.717) is 54.1 Å². The third-order valence-corrected chi connectivity index (χ3v) is 9.81. The number of imidazole rings is 1. The third kappa shape index (κ3) is 7.17. The van der Waals surface area contributed by atoms with Crippen molar-refractivity contribution in [2.75, 3.05) is 24.6 Å². The number of aliphatic carboxylic acids is 1. The molecule has 0 spiro atoms. The molecule has 10 heteroatoms. The molecule has 0 aliphatic carbocycles. The molecule has 5 heterocycles. The molecule has 3 aliphatic heterocycles. The van der Waals surface area contributed by atoms with E-state index in [-0.39, 0.29) is 17.5 Å². The fourth-order valence-corrected chi connectivity index (χ4v) is 7.02. The van der Waals surface area contributed by atoms with Crippen molar-refractivity contribution in [3.63, 3.8) is 0 Å². The van der Waals surface area contributed by atoms with Crippen molar-refractivity contribution in [3.05, 3.63) is 70.9 Å². The lowest BCUT2D eigenvalue weighted by Crippen LogP contribution is -2.45. The van der Waals surface area contributed by atoms with E-state index in [2.05, 4.69) is 11.8 Å². The molecule has 2 atom stereocenters. The Bertz CT molecular complexity index is 1870. The number of benzene rings is 2. The summed E-state index contributed by atoms with van der Waals surface area (Å²) in [5.74, 6) is -1.76. The maximum Gasteiger partial charge on any atom is 0.337 e. The Hall–Kier alpha value is -4.02. The zero-order valence-corrected chi connectivity index (χ0v) is 29.5. The van der Waals surface area contributed by atoms with Gasteiger partial charge in [-0.3, -0.25) is 4.40 Å². The Balaban J connectivity index is 1.58. The van der Waals surface area contributed by atoms with Gasteiger partial charge in [0.05, 0.1) is 23.0 Å². The van der Waals surface area contributed by atoms with Crippen LogP contribution in [0, 0.1) is 25.5 Å². The first-order valence-electron chi connectivity index (χ1n) is 17.2. The molecule has 1 saturated heterocycles. The summed E-state index contributed by atoms with van der Waals surface area (Å²) in [6, 6.07) is 9.57. The van der Waals surface area contributed by atoms with Crippen LogP contribution in [0.1, 0.15) is 89.5 Å². The minimum Gasteiger partial charge on any atom is -0.487 e. The molecule has 7 rings (SSSR count). The molecule has 3 aliphatic rings. The average molecular weight is 676 g/mol. The standard InChI is InChI=1S/C39H47F2N3O5/c1-23-11-8-9-18-47-39(7)14-16-43(17-15-39)36-32(34(37(45)46)49-38(4,5)6)24(2)25(3)35-42-31(22-44(35)36)27-13-10-12-26(19-27)29-20-28(40)21-30(41)33(29)48-23/h10,12-13,19-23,34H,8-9,11,14-18H2,1-7H3,(H,45,46)/t23-,34+/m1/s1. The zero-order valence-electron chi connectivity index (χ0n) is 29.5. The van der Waals surface area contributed by atoms with E-state index in [1.54, 1.807) is 6.07 Å². The molecule has 6 bridgehead atoms. The fraction of sp³-hybridized carbons (Fsp3) is 0.487. The van der Waals surface area contributed by atoms with Gasteiger partial charge in [-0.15, -0.1) is 0 Å². The normalized spacial score (nSPS) is 21.0. The van der Waals surface area contributed by atoms with Gasteiger partial charge in [0.15, 0.2) is 17.7 Å². The molecule has 49 heavy (non-hydrogen) atoms. The SMILES string of the molecule is Cc1c([C@H](OC(C)(C)C)C(=O)O)c2n3cc(nc3c1C)-c1cccc(c1)-c1cc(F)cc(F)c1O[C@H](C)CCCCOC1(C)CCN2CC1. The Morgan fingerprint density at radius 3 is 2.49 bits per heavy atom. The molecular weight excluding hydrogens is 628 g/mol. The number of carboxylic acids is 1. The quantitative estimate of drug-likeness (QED) is 0.232. The average Bonchev–Trinajstić information content (AvgIpc) is 3.48.